The van der Waals surface area contributed by atoms with Crippen LogP contribution in [0, 0.1) is 10.1 Å². The Bertz CT molecular complexity index is 243. The van der Waals surface area contributed by atoms with Gasteiger partial charge in [0.25, 0.3) is 0 Å². The average molecular weight is 203 g/mol. The molecule has 2 N–H and O–H groups in total. The second-order valence-electron chi connectivity index (χ2n) is 2.42. The number of hydrogen-bond acceptors (Lipinski definition) is 5. The first-order chi connectivity index (χ1) is 6.24. The molecule has 0 aliphatic carbocycles. The molecule has 1 amide bonds. The molecule has 1 aliphatic heterocycles. The van der Waals surface area contributed by atoms with E-state index in [0.29, 0.717) is 18.4 Å². The van der Waals surface area contributed by atoms with E-state index in [1.54, 1.807) is 0 Å². The number of nitrogens with one attached hydrogen (secondary N) is 2. The van der Waals surface area contributed by atoms with Gasteiger partial charge in [-0.2, -0.15) is 0 Å². The molecule has 6 nitrogen and oxygen atoms in total. The van der Waals surface area contributed by atoms with Gasteiger partial charge < -0.3 is 5.32 Å². The van der Waals surface area contributed by atoms with Gasteiger partial charge in [0.15, 0.2) is 0 Å². The second-order valence-corrected chi connectivity index (χ2v) is 3.36. The molecule has 1 fully saturated rings. The summed E-state index contributed by atoms with van der Waals surface area (Å²) in [5.41, 5.74) is 0.593. The summed E-state index contributed by atoms with van der Waals surface area (Å²) in [4.78, 5) is 19.8. The Kier molecular flexibility index (Phi) is 3.71. The van der Waals surface area contributed by atoms with Crippen LogP contribution in [0.2, 0.25) is 0 Å². The number of nitrogens with zero attached hydrogens (tertiary/aromatic N) is 1. The molecule has 0 aromatic rings. The van der Waals surface area contributed by atoms with Gasteiger partial charge in [0, 0.05) is 11.3 Å². The molecular weight excluding hydrogens is 194 g/mol. The van der Waals surface area contributed by atoms with Crippen molar-refractivity contribution in [1.29, 1.82) is 0 Å². The van der Waals surface area contributed by atoms with Gasteiger partial charge in [-0.25, -0.2) is 4.72 Å². The van der Waals surface area contributed by atoms with Gasteiger partial charge in [-0.1, -0.05) is 11.9 Å². The molecule has 0 spiro atoms. The summed E-state index contributed by atoms with van der Waals surface area (Å²) in [5.74, 6) is 0.775. The van der Waals surface area contributed by atoms with Crippen LogP contribution >= 0.6 is 11.9 Å². The number of hydrogen-bond donors (Lipinski definition) is 2. The van der Waals surface area contributed by atoms with Crippen molar-refractivity contribution in [2.45, 2.75) is 12.6 Å². The molecule has 7 heteroatoms. The van der Waals surface area contributed by atoms with Crippen molar-refractivity contribution in [2.24, 2.45) is 0 Å². The van der Waals surface area contributed by atoms with E-state index in [0.717, 1.165) is 12.0 Å². The van der Waals surface area contributed by atoms with E-state index in [-0.39, 0.29) is 0 Å². The lowest BCUT2D eigenvalue weighted by Gasteiger charge is -2.23. The highest BCUT2D eigenvalue weighted by Crippen LogP contribution is 2.17. The molecule has 0 radical (unpaired) electrons. The zero-order valence-electron chi connectivity index (χ0n) is 6.73. The molecule has 1 heterocycles. The zero-order chi connectivity index (χ0) is 9.68. The van der Waals surface area contributed by atoms with Crippen LogP contribution in [0.5, 0.6) is 0 Å². The van der Waals surface area contributed by atoms with Crippen molar-refractivity contribution in [3.63, 3.8) is 0 Å². The minimum atomic E-state index is -0.507. The molecule has 1 atom stereocenters. The number of nitro groups is 1. The highest BCUT2D eigenvalue weighted by Gasteiger charge is 2.20. The third kappa shape index (κ3) is 3.03. The Hall–Kier alpha value is -1.08. The lowest BCUT2D eigenvalue weighted by Crippen LogP contribution is -2.42. The maximum atomic E-state index is 10.2. The molecular formula is C6H9N3O3S. The highest BCUT2D eigenvalue weighted by molar-refractivity contribution is 7.97. The van der Waals surface area contributed by atoms with Crippen LogP contribution in [-0.4, -0.2) is 23.3 Å². The summed E-state index contributed by atoms with van der Waals surface area (Å²) in [6, 6.07) is 0. The molecule has 13 heavy (non-hydrogen) atoms. The van der Waals surface area contributed by atoms with Crippen LogP contribution in [0.4, 0.5) is 0 Å². The summed E-state index contributed by atoms with van der Waals surface area (Å²) in [6.45, 7) is 0. The SMILES string of the molecule is O=CNC1NSCC/C1=C/[N+](=O)[O-]. The zero-order valence-corrected chi connectivity index (χ0v) is 7.54. The van der Waals surface area contributed by atoms with Crippen LogP contribution in [0.15, 0.2) is 11.8 Å². The van der Waals surface area contributed by atoms with Crippen molar-refractivity contribution in [2.75, 3.05) is 5.75 Å². The Morgan fingerprint density at radius 3 is 3.15 bits per heavy atom. The lowest BCUT2D eigenvalue weighted by atomic mass is 10.2. The van der Waals surface area contributed by atoms with Crippen molar-refractivity contribution < 1.29 is 9.72 Å². The fourth-order valence-electron chi connectivity index (χ4n) is 1.01. The Morgan fingerprint density at radius 2 is 2.54 bits per heavy atom. The molecule has 1 rings (SSSR count). The largest absolute Gasteiger partial charge is 0.339 e. The van der Waals surface area contributed by atoms with Gasteiger partial charge >= 0.3 is 0 Å². The molecule has 72 valence electrons. The van der Waals surface area contributed by atoms with E-state index in [9.17, 15) is 14.9 Å². The summed E-state index contributed by atoms with van der Waals surface area (Å²) in [7, 11) is 0. The van der Waals surface area contributed by atoms with E-state index < -0.39 is 11.1 Å². The fraction of sp³-hybridized carbons (Fsp3) is 0.500. The molecule has 1 unspecified atom stereocenters. The maximum absolute atomic E-state index is 10.2. The lowest BCUT2D eigenvalue weighted by molar-refractivity contribution is -0.403. The fourth-order valence-corrected chi connectivity index (χ4v) is 1.86. The molecule has 1 aliphatic rings. The monoisotopic (exact) mass is 203 g/mol. The average Bonchev–Trinajstić information content (AvgIpc) is 2.08. The van der Waals surface area contributed by atoms with Gasteiger partial charge in [-0.15, -0.1) is 0 Å². The van der Waals surface area contributed by atoms with E-state index in [2.05, 4.69) is 10.0 Å². The molecule has 0 aromatic carbocycles. The Morgan fingerprint density at radius 1 is 1.77 bits per heavy atom. The molecule has 1 saturated heterocycles. The summed E-state index contributed by atoms with van der Waals surface area (Å²) >= 11 is 1.44. The summed E-state index contributed by atoms with van der Waals surface area (Å²) in [5, 5.41) is 12.7. The third-order valence-electron chi connectivity index (χ3n) is 1.57. The first-order valence-corrected chi connectivity index (χ1v) is 4.63. The van der Waals surface area contributed by atoms with Crippen LogP contribution < -0.4 is 10.0 Å². The summed E-state index contributed by atoms with van der Waals surface area (Å²) in [6.07, 6.45) is 1.66. The number of carbonyl (C=O) groups is 1. The van der Waals surface area contributed by atoms with Gasteiger partial charge in [-0.05, 0) is 6.42 Å². The van der Waals surface area contributed by atoms with E-state index in [1.807, 2.05) is 0 Å². The highest BCUT2D eigenvalue weighted by atomic mass is 32.2. The predicted molar refractivity (Wildman–Crippen MR) is 48.3 cm³/mol. The molecule has 0 bridgehead atoms. The van der Waals surface area contributed by atoms with E-state index >= 15 is 0 Å². The van der Waals surface area contributed by atoms with E-state index in [1.165, 1.54) is 11.9 Å². The van der Waals surface area contributed by atoms with Crippen molar-refractivity contribution in [3.05, 3.63) is 21.9 Å². The number of rotatable bonds is 3. The Labute approximate surface area is 79.0 Å². The minimum Gasteiger partial charge on any atom is -0.339 e. The van der Waals surface area contributed by atoms with E-state index in [4.69, 9.17) is 0 Å². The third-order valence-corrected chi connectivity index (χ3v) is 2.38. The normalized spacial score (nSPS) is 25.5. The molecule has 0 saturated carbocycles. The smallest absolute Gasteiger partial charge is 0.237 e. The standard InChI is InChI=1S/C6H9N3O3S/c10-4-7-6-5(3-9(11)12)1-2-13-8-6/h3-4,6,8H,1-2H2,(H,7,10)/b5-3-. The van der Waals surface area contributed by atoms with Crippen LogP contribution in [0.25, 0.3) is 0 Å². The van der Waals surface area contributed by atoms with Crippen molar-refractivity contribution in [1.82, 2.24) is 10.0 Å². The van der Waals surface area contributed by atoms with Crippen molar-refractivity contribution in [3.8, 4) is 0 Å². The van der Waals surface area contributed by atoms with Gasteiger partial charge in [0.1, 0.15) is 6.17 Å². The first-order valence-electron chi connectivity index (χ1n) is 3.65. The number of amides is 1. The predicted octanol–water partition coefficient (Wildman–Crippen LogP) is -0.139. The quantitative estimate of drug-likeness (QED) is 0.288. The maximum Gasteiger partial charge on any atom is 0.237 e. The van der Waals surface area contributed by atoms with Gasteiger partial charge in [0.05, 0.1) is 4.92 Å². The first kappa shape index (κ1) is 10.0. The minimum absolute atomic E-state index is 0.415. The Balaban J connectivity index is 2.66. The van der Waals surface area contributed by atoms with Gasteiger partial charge in [0.2, 0.25) is 12.6 Å². The number of carbonyl (C=O) groups excluding carboxylic acids is 1. The van der Waals surface area contributed by atoms with Crippen LogP contribution in [-0.2, 0) is 4.79 Å². The second kappa shape index (κ2) is 4.83. The van der Waals surface area contributed by atoms with Crippen LogP contribution in [0.1, 0.15) is 6.42 Å². The van der Waals surface area contributed by atoms with Gasteiger partial charge in [-0.3, -0.25) is 14.9 Å². The van der Waals surface area contributed by atoms with Crippen LogP contribution in [0.3, 0.4) is 0 Å². The molecule has 0 aromatic heterocycles. The summed E-state index contributed by atoms with van der Waals surface area (Å²) < 4.78 is 2.88. The van der Waals surface area contributed by atoms with Crippen molar-refractivity contribution >= 4 is 18.4 Å². The topological polar surface area (TPSA) is 84.3 Å².